The molecule has 1 atom stereocenters. The van der Waals surface area contributed by atoms with Crippen LogP contribution in [0.4, 0.5) is 5.82 Å². The predicted octanol–water partition coefficient (Wildman–Crippen LogP) is 1.40. The Morgan fingerprint density at radius 2 is 2.41 bits per heavy atom. The van der Waals surface area contributed by atoms with Crippen LogP contribution >= 0.6 is 0 Å². The zero-order valence-corrected chi connectivity index (χ0v) is 9.80. The van der Waals surface area contributed by atoms with Crippen molar-refractivity contribution in [2.75, 3.05) is 25.1 Å². The van der Waals surface area contributed by atoms with Crippen molar-refractivity contribution in [2.24, 2.45) is 0 Å². The fourth-order valence-corrected chi connectivity index (χ4v) is 2.04. The standard InChI is InChI=1S/C12H16N2O3/c1-17-10-3-2-6-14(8-10)11-5-4-9(7-13-11)12(15)16/h4-5,7,10H,2-3,6,8H2,1H3,(H,15,16)/t10-/m1/s1. The first-order valence-corrected chi connectivity index (χ1v) is 5.68. The number of aromatic carboxylic acids is 1. The number of rotatable bonds is 3. The molecule has 0 saturated carbocycles. The van der Waals surface area contributed by atoms with Crippen molar-refractivity contribution < 1.29 is 14.6 Å². The van der Waals surface area contributed by atoms with Gasteiger partial charge >= 0.3 is 5.97 Å². The molecule has 0 bridgehead atoms. The summed E-state index contributed by atoms with van der Waals surface area (Å²) in [6.45, 7) is 1.76. The number of hydrogen-bond donors (Lipinski definition) is 1. The maximum absolute atomic E-state index is 10.7. The van der Waals surface area contributed by atoms with Gasteiger partial charge in [-0.1, -0.05) is 0 Å². The Morgan fingerprint density at radius 1 is 1.59 bits per heavy atom. The molecule has 1 fully saturated rings. The second kappa shape index (κ2) is 5.14. The monoisotopic (exact) mass is 236 g/mol. The van der Waals surface area contributed by atoms with Gasteiger partial charge in [0.25, 0.3) is 0 Å². The number of ether oxygens (including phenoxy) is 1. The quantitative estimate of drug-likeness (QED) is 0.859. The summed E-state index contributed by atoms with van der Waals surface area (Å²) in [5.41, 5.74) is 0.217. The Kier molecular flexibility index (Phi) is 3.58. The molecule has 2 heterocycles. The molecule has 0 unspecified atom stereocenters. The fraction of sp³-hybridized carbons (Fsp3) is 0.500. The van der Waals surface area contributed by atoms with Crippen molar-refractivity contribution in [2.45, 2.75) is 18.9 Å². The van der Waals surface area contributed by atoms with E-state index in [-0.39, 0.29) is 11.7 Å². The lowest BCUT2D eigenvalue weighted by Crippen LogP contribution is -2.39. The highest BCUT2D eigenvalue weighted by atomic mass is 16.5. The number of nitrogens with zero attached hydrogens (tertiary/aromatic N) is 2. The number of carboxylic acid groups (broad SMARTS) is 1. The molecule has 1 N–H and O–H groups in total. The van der Waals surface area contributed by atoms with Crippen molar-refractivity contribution in [3.63, 3.8) is 0 Å². The van der Waals surface area contributed by atoms with Crippen molar-refractivity contribution in [1.82, 2.24) is 4.98 Å². The summed E-state index contributed by atoms with van der Waals surface area (Å²) >= 11 is 0. The lowest BCUT2D eigenvalue weighted by Gasteiger charge is -2.32. The number of carbonyl (C=O) groups is 1. The lowest BCUT2D eigenvalue weighted by atomic mass is 10.1. The predicted molar refractivity (Wildman–Crippen MR) is 63.4 cm³/mol. The fourth-order valence-electron chi connectivity index (χ4n) is 2.04. The Labute approximate surface area is 100 Å². The maximum atomic E-state index is 10.7. The van der Waals surface area contributed by atoms with E-state index >= 15 is 0 Å². The second-order valence-corrected chi connectivity index (χ2v) is 4.16. The molecule has 0 radical (unpaired) electrons. The van der Waals surface area contributed by atoms with E-state index in [0.29, 0.717) is 0 Å². The van der Waals surface area contributed by atoms with Crippen molar-refractivity contribution >= 4 is 11.8 Å². The average molecular weight is 236 g/mol. The maximum Gasteiger partial charge on any atom is 0.337 e. The average Bonchev–Trinajstić information content (AvgIpc) is 2.39. The highest BCUT2D eigenvalue weighted by Crippen LogP contribution is 2.19. The third-order valence-electron chi connectivity index (χ3n) is 3.03. The molecule has 92 valence electrons. The van der Waals surface area contributed by atoms with Crippen LogP contribution in [0.15, 0.2) is 18.3 Å². The van der Waals surface area contributed by atoms with Crippen LogP contribution in [0.2, 0.25) is 0 Å². The topological polar surface area (TPSA) is 62.7 Å². The van der Waals surface area contributed by atoms with Gasteiger partial charge in [0.1, 0.15) is 5.82 Å². The zero-order valence-electron chi connectivity index (χ0n) is 9.80. The SMILES string of the molecule is CO[C@@H]1CCCN(c2ccc(C(=O)O)cn2)C1. The van der Waals surface area contributed by atoms with E-state index in [0.717, 1.165) is 31.7 Å². The van der Waals surface area contributed by atoms with E-state index in [1.54, 1.807) is 19.2 Å². The van der Waals surface area contributed by atoms with Crippen LogP contribution in [0.3, 0.4) is 0 Å². The highest BCUT2D eigenvalue weighted by molar-refractivity contribution is 5.87. The van der Waals surface area contributed by atoms with E-state index in [2.05, 4.69) is 9.88 Å². The summed E-state index contributed by atoms with van der Waals surface area (Å²) in [6, 6.07) is 3.34. The normalized spacial score (nSPS) is 20.3. The van der Waals surface area contributed by atoms with E-state index < -0.39 is 5.97 Å². The lowest BCUT2D eigenvalue weighted by molar-refractivity contribution is 0.0696. The molecular weight excluding hydrogens is 220 g/mol. The van der Waals surface area contributed by atoms with Crippen LogP contribution in [0.25, 0.3) is 0 Å². The number of aromatic nitrogens is 1. The number of methoxy groups -OCH3 is 1. The van der Waals surface area contributed by atoms with Crippen molar-refractivity contribution in [1.29, 1.82) is 0 Å². The number of piperidine rings is 1. The smallest absolute Gasteiger partial charge is 0.337 e. The van der Waals surface area contributed by atoms with Gasteiger partial charge in [0, 0.05) is 26.4 Å². The molecule has 0 aromatic carbocycles. The van der Waals surface area contributed by atoms with Crippen LogP contribution in [0.5, 0.6) is 0 Å². The molecule has 1 saturated heterocycles. The second-order valence-electron chi connectivity index (χ2n) is 4.16. The summed E-state index contributed by atoms with van der Waals surface area (Å²) < 4.78 is 5.34. The number of hydrogen-bond acceptors (Lipinski definition) is 4. The minimum Gasteiger partial charge on any atom is -0.478 e. The van der Waals surface area contributed by atoms with E-state index in [4.69, 9.17) is 9.84 Å². The van der Waals surface area contributed by atoms with E-state index in [9.17, 15) is 4.79 Å². The van der Waals surface area contributed by atoms with Crippen LogP contribution in [-0.2, 0) is 4.74 Å². The Morgan fingerprint density at radius 3 is 3.00 bits per heavy atom. The molecule has 0 aliphatic carbocycles. The molecule has 1 aliphatic rings. The van der Waals surface area contributed by atoms with Gasteiger partial charge in [0.05, 0.1) is 11.7 Å². The third kappa shape index (κ3) is 2.74. The van der Waals surface area contributed by atoms with Crippen LogP contribution in [0.1, 0.15) is 23.2 Å². The Hall–Kier alpha value is -1.62. The minimum absolute atomic E-state index is 0.217. The summed E-state index contributed by atoms with van der Waals surface area (Å²) in [5, 5.41) is 8.79. The van der Waals surface area contributed by atoms with Gasteiger partial charge in [0.15, 0.2) is 0 Å². The molecule has 0 amide bonds. The molecule has 2 rings (SSSR count). The van der Waals surface area contributed by atoms with Gasteiger partial charge in [-0.15, -0.1) is 0 Å². The van der Waals surface area contributed by atoms with Gasteiger partial charge in [-0.2, -0.15) is 0 Å². The van der Waals surface area contributed by atoms with Gasteiger partial charge in [-0.3, -0.25) is 0 Å². The minimum atomic E-state index is -0.947. The van der Waals surface area contributed by atoms with Gasteiger partial charge in [-0.25, -0.2) is 9.78 Å². The summed E-state index contributed by atoms with van der Waals surface area (Å²) in [4.78, 5) is 17.0. The van der Waals surface area contributed by atoms with Gasteiger partial charge in [-0.05, 0) is 25.0 Å². The van der Waals surface area contributed by atoms with E-state index in [1.807, 2.05) is 0 Å². The van der Waals surface area contributed by atoms with Gasteiger partial charge < -0.3 is 14.7 Å². The molecule has 5 heteroatoms. The molecule has 1 aliphatic heterocycles. The van der Waals surface area contributed by atoms with Crippen molar-refractivity contribution in [3.05, 3.63) is 23.9 Å². The molecule has 5 nitrogen and oxygen atoms in total. The zero-order chi connectivity index (χ0) is 12.3. The highest BCUT2D eigenvalue weighted by Gasteiger charge is 2.20. The first-order valence-electron chi connectivity index (χ1n) is 5.68. The molecule has 17 heavy (non-hydrogen) atoms. The first-order chi connectivity index (χ1) is 8.20. The Bertz CT molecular complexity index is 391. The number of anilines is 1. The first kappa shape index (κ1) is 11.9. The van der Waals surface area contributed by atoms with Crippen LogP contribution < -0.4 is 4.90 Å². The summed E-state index contributed by atoms with van der Waals surface area (Å²) in [5.74, 6) is -0.130. The largest absolute Gasteiger partial charge is 0.478 e. The van der Waals surface area contributed by atoms with Crippen LogP contribution in [-0.4, -0.2) is 42.4 Å². The molecular formula is C12H16N2O3. The van der Waals surface area contributed by atoms with E-state index in [1.165, 1.54) is 6.20 Å². The molecule has 0 spiro atoms. The molecule has 1 aromatic rings. The van der Waals surface area contributed by atoms with Gasteiger partial charge in [0.2, 0.25) is 0 Å². The number of carboxylic acids is 1. The summed E-state index contributed by atoms with van der Waals surface area (Å²) in [7, 11) is 1.72. The third-order valence-corrected chi connectivity index (χ3v) is 3.03. The van der Waals surface area contributed by atoms with Crippen LogP contribution in [0, 0.1) is 0 Å². The Balaban J connectivity index is 2.08. The number of pyridine rings is 1. The molecule has 1 aromatic heterocycles. The summed E-state index contributed by atoms with van der Waals surface area (Å²) in [6.07, 6.45) is 3.78. The van der Waals surface area contributed by atoms with Crippen molar-refractivity contribution in [3.8, 4) is 0 Å².